The summed E-state index contributed by atoms with van der Waals surface area (Å²) in [4.78, 5) is 6.62. The molecular weight excluding hydrogens is 351 g/mol. The summed E-state index contributed by atoms with van der Waals surface area (Å²) in [7, 11) is 2.17. The van der Waals surface area contributed by atoms with Gasteiger partial charge in [0.05, 0.1) is 0 Å². The molecule has 0 bridgehead atoms. The van der Waals surface area contributed by atoms with E-state index in [2.05, 4.69) is 28.3 Å². The Hall–Kier alpha value is -2.66. The minimum atomic E-state index is -0.206. The molecule has 0 saturated carbocycles. The summed E-state index contributed by atoms with van der Waals surface area (Å²) in [5.74, 6) is 0.284. The summed E-state index contributed by atoms with van der Waals surface area (Å²) in [6.07, 6.45) is 5.32. The first-order valence-electron chi connectivity index (χ1n) is 9.91. The molecule has 2 aromatic carbocycles. The SMILES string of the molecule is Cc1cccc(F)c1-c1cc(N[C@@H]2CCCCN(C)C2)c2cc(N)ncc2c1. The molecule has 0 radical (unpaired) electrons. The van der Waals surface area contributed by atoms with Crippen LogP contribution >= 0.6 is 0 Å². The van der Waals surface area contributed by atoms with Gasteiger partial charge in [0, 0.05) is 40.8 Å². The minimum absolute atomic E-state index is 0.206. The Morgan fingerprint density at radius 3 is 2.89 bits per heavy atom. The highest BCUT2D eigenvalue weighted by Crippen LogP contribution is 2.35. The third kappa shape index (κ3) is 3.80. The van der Waals surface area contributed by atoms with Gasteiger partial charge in [-0.15, -0.1) is 0 Å². The van der Waals surface area contributed by atoms with Crippen LogP contribution in [-0.4, -0.2) is 36.1 Å². The van der Waals surface area contributed by atoms with Crippen molar-refractivity contribution in [3.8, 4) is 11.1 Å². The number of nitrogens with zero attached hydrogens (tertiary/aromatic N) is 2. The second-order valence-corrected chi connectivity index (χ2v) is 7.89. The van der Waals surface area contributed by atoms with Gasteiger partial charge in [0.25, 0.3) is 0 Å². The number of anilines is 2. The second-order valence-electron chi connectivity index (χ2n) is 7.89. The van der Waals surface area contributed by atoms with E-state index < -0.39 is 0 Å². The molecular formula is C23H27FN4. The van der Waals surface area contributed by atoms with Crippen LogP contribution in [0.15, 0.2) is 42.6 Å². The Labute approximate surface area is 165 Å². The van der Waals surface area contributed by atoms with Crippen LogP contribution in [0.25, 0.3) is 21.9 Å². The quantitative estimate of drug-likeness (QED) is 0.686. The maximum Gasteiger partial charge on any atom is 0.131 e. The van der Waals surface area contributed by atoms with Crippen molar-refractivity contribution >= 4 is 22.3 Å². The van der Waals surface area contributed by atoms with E-state index in [1.807, 2.05) is 25.1 Å². The molecule has 3 aromatic rings. The van der Waals surface area contributed by atoms with Gasteiger partial charge in [0.1, 0.15) is 11.6 Å². The highest BCUT2D eigenvalue weighted by Gasteiger charge is 2.18. The topological polar surface area (TPSA) is 54.2 Å². The lowest BCUT2D eigenvalue weighted by atomic mass is 9.96. The van der Waals surface area contributed by atoms with Gasteiger partial charge in [0.2, 0.25) is 0 Å². The molecule has 3 N–H and O–H groups in total. The van der Waals surface area contributed by atoms with Crippen molar-refractivity contribution < 1.29 is 4.39 Å². The van der Waals surface area contributed by atoms with E-state index in [9.17, 15) is 4.39 Å². The van der Waals surface area contributed by atoms with Crippen molar-refractivity contribution in [1.29, 1.82) is 0 Å². The second kappa shape index (κ2) is 7.76. The van der Waals surface area contributed by atoms with Crippen molar-refractivity contribution in [2.45, 2.75) is 32.2 Å². The number of halogens is 1. The Bertz CT molecular complexity index is 981. The fraction of sp³-hybridized carbons (Fsp3) is 0.348. The zero-order valence-corrected chi connectivity index (χ0v) is 16.5. The number of aryl methyl sites for hydroxylation is 1. The number of nitrogens with one attached hydrogen (secondary N) is 1. The molecule has 1 aliphatic rings. The lowest BCUT2D eigenvalue weighted by Gasteiger charge is -2.24. The number of benzene rings is 2. The normalized spacial score (nSPS) is 18.2. The summed E-state index contributed by atoms with van der Waals surface area (Å²) in [6.45, 7) is 4.06. The predicted octanol–water partition coefficient (Wildman–Crippen LogP) is 4.83. The highest BCUT2D eigenvalue weighted by molar-refractivity contribution is 5.98. The Morgan fingerprint density at radius 1 is 1.21 bits per heavy atom. The average molecular weight is 378 g/mol. The maximum atomic E-state index is 14.6. The first-order valence-corrected chi connectivity index (χ1v) is 9.91. The van der Waals surface area contributed by atoms with E-state index in [4.69, 9.17) is 5.73 Å². The number of pyridine rings is 1. The van der Waals surface area contributed by atoms with E-state index in [1.54, 1.807) is 12.3 Å². The van der Waals surface area contributed by atoms with E-state index >= 15 is 0 Å². The van der Waals surface area contributed by atoms with Crippen LogP contribution in [0.4, 0.5) is 15.9 Å². The largest absolute Gasteiger partial charge is 0.384 e. The van der Waals surface area contributed by atoms with Crippen molar-refractivity contribution in [3.05, 3.63) is 54.0 Å². The summed E-state index contributed by atoms with van der Waals surface area (Å²) in [5, 5.41) is 5.71. The van der Waals surface area contributed by atoms with Gasteiger partial charge in [-0.05, 0) is 68.8 Å². The molecule has 1 saturated heterocycles. The zero-order chi connectivity index (χ0) is 19.7. The van der Waals surface area contributed by atoms with Gasteiger partial charge < -0.3 is 16.0 Å². The van der Waals surface area contributed by atoms with Gasteiger partial charge in [0.15, 0.2) is 0 Å². The predicted molar refractivity (Wildman–Crippen MR) is 115 cm³/mol. The minimum Gasteiger partial charge on any atom is -0.384 e. The number of hydrogen-bond acceptors (Lipinski definition) is 4. The monoisotopic (exact) mass is 378 g/mol. The molecule has 1 fully saturated rings. The van der Waals surface area contributed by atoms with Gasteiger partial charge in [-0.3, -0.25) is 0 Å². The first kappa shape index (κ1) is 18.7. The van der Waals surface area contributed by atoms with E-state index in [0.717, 1.165) is 47.1 Å². The molecule has 0 aliphatic carbocycles. The van der Waals surface area contributed by atoms with Crippen LogP contribution in [0, 0.1) is 12.7 Å². The van der Waals surface area contributed by atoms with E-state index in [1.165, 1.54) is 18.9 Å². The van der Waals surface area contributed by atoms with Crippen LogP contribution in [0.5, 0.6) is 0 Å². The van der Waals surface area contributed by atoms with Crippen molar-refractivity contribution in [2.24, 2.45) is 0 Å². The third-order valence-electron chi connectivity index (χ3n) is 5.60. The Balaban J connectivity index is 1.82. The molecule has 1 aliphatic heterocycles. The van der Waals surface area contributed by atoms with Gasteiger partial charge in [-0.2, -0.15) is 0 Å². The molecule has 2 heterocycles. The highest BCUT2D eigenvalue weighted by atomic mass is 19.1. The van der Waals surface area contributed by atoms with Gasteiger partial charge in [-0.1, -0.05) is 18.6 Å². The number of nitrogen functional groups attached to an aromatic ring is 1. The van der Waals surface area contributed by atoms with Crippen molar-refractivity contribution in [2.75, 3.05) is 31.2 Å². The number of fused-ring (bicyclic) bond motifs is 1. The van der Waals surface area contributed by atoms with Crippen LogP contribution in [0.3, 0.4) is 0 Å². The fourth-order valence-electron chi connectivity index (χ4n) is 4.20. The van der Waals surface area contributed by atoms with Crippen LogP contribution < -0.4 is 11.1 Å². The van der Waals surface area contributed by atoms with Crippen LogP contribution in [-0.2, 0) is 0 Å². The molecule has 146 valence electrons. The number of rotatable bonds is 3. The maximum absolute atomic E-state index is 14.6. The number of hydrogen-bond donors (Lipinski definition) is 2. The third-order valence-corrected chi connectivity index (χ3v) is 5.60. The number of likely N-dealkylation sites (N-methyl/N-ethyl adjacent to an activating group) is 1. The fourth-order valence-corrected chi connectivity index (χ4v) is 4.20. The summed E-state index contributed by atoms with van der Waals surface area (Å²) in [6, 6.07) is 11.5. The van der Waals surface area contributed by atoms with E-state index in [0.29, 0.717) is 17.4 Å². The van der Waals surface area contributed by atoms with Crippen molar-refractivity contribution in [3.63, 3.8) is 0 Å². The molecule has 28 heavy (non-hydrogen) atoms. The van der Waals surface area contributed by atoms with Crippen LogP contribution in [0.1, 0.15) is 24.8 Å². The Morgan fingerprint density at radius 2 is 2.07 bits per heavy atom. The average Bonchev–Trinajstić information content (AvgIpc) is 2.86. The molecule has 0 unspecified atom stereocenters. The first-order chi connectivity index (χ1) is 13.5. The molecule has 5 heteroatoms. The lowest BCUT2D eigenvalue weighted by Crippen LogP contribution is -2.32. The molecule has 4 rings (SSSR count). The zero-order valence-electron chi connectivity index (χ0n) is 16.5. The van der Waals surface area contributed by atoms with E-state index in [-0.39, 0.29) is 5.82 Å². The van der Waals surface area contributed by atoms with Gasteiger partial charge >= 0.3 is 0 Å². The molecule has 0 amide bonds. The molecule has 0 spiro atoms. The molecule has 1 aromatic heterocycles. The lowest BCUT2D eigenvalue weighted by molar-refractivity contribution is 0.339. The van der Waals surface area contributed by atoms with Gasteiger partial charge in [-0.25, -0.2) is 9.37 Å². The number of nitrogens with two attached hydrogens (primary N) is 1. The molecule has 1 atom stereocenters. The van der Waals surface area contributed by atoms with Crippen molar-refractivity contribution in [1.82, 2.24) is 9.88 Å². The van der Waals surface area contributed by atoms with Crippen LogP contribution in [0.2, 0.25) is 0 Å². The summed E-state index contributed by atoms with van der Waals surface area (Å²) in [5.41, 5.74) is 9.37. The smallest absolute Gasteiger partial charge is 0.131 e. The summed E-state index contributed by atoms with van der Waals surface area (Å²) < 4.78 is 14.6. The number of likely N-dealkylation sites (tertiary alicyclic amines) is 1. The molecule has 4 nitrogen and oxygen atoms in total. The number of aromatic nitrogens is 1. The standard InChI is InChI=1S/C23H27FN4/c1-15-6-5-8-20(24)23(15)16-10-17-13-26-22(25)12-19(17)21(11-16)27-18-7-3-4-9-28(2)14-18/h5-6,8,10-13,18,27H,3-4,7,9,14H2,1-2H3,(H2,25,26)/t18-/m1/s1. The Kier molecular flexibility index (Phi) is 5.18. The summed E-state index contributed by atoms with van der Waals surface area (Å²) >= 11 is 0.